The molecule has 1 rings (SSSR count). The van der Waals surface area contributed by atoms with E-state index in [9.17, 15) is 13.2 Å². The fourth-order valence-corrected chi connectivity index (χ4v) is 6.25. The van der Waals surface area contributed by atoms with Gasteiger partial charge in [0.25, 0.3) is 0 Å². The van der Waals surface area contributed by atoms with E-state index < -0.39 is 26.4 Å². The van der Waals surface area contributed by atoms with Crippen molar-refractivity contribution in [2.24, 2.45) is 5.73 Å². The van der Waals surface area contributed by atoms with Crippen molar-refractivity contribution in [3.8, 4) is 0 Å². The van der Waals surface area contributed by atoms with E-state index in [1.165, 1.54) is 39.8 Å². The summed E-state index contributed by atoms with van der Waals surface area (Å²) in [6.45, 7) is 8.42. The predicted octanol–water partition coefficient (Wildman–Crippen LogP) is 4.93. The molecule has 31 heavy (non-hydrogen) atoms. The molecule has 2 atom stereocenters. The molecule has 0 spiro atoms. The van der Waals surface area contributed by atoms with Gasteiger partial charge in [-0.3, -0.25) is 4.79 Å². The van der Waals surface area contributed by atoms with Crippen molar-refractivity contribution >= 4 is 44.0 Å². The lowest BCUT2D eigenvalue weighted by Crippen LogP contribution is -2.46. The first-order valence-corrected chi connectivity index (χ1v) is 14.1. The van der Waals surface area contributed by atoms with Crippen LogP contribution in [-0.2, 0) is 14.6 Å². The normalized spacial score (nSPS) is 14.7. The maximum Gasteiger partial charge on any atom is 0.242 e. The third-order valence-corrected chi connectivity index (χ3v) is 8.76. The molecule has 1 aromatic rings. The second-order valence-electron chi connectivity index (χ2n) is 7.85. The second-order valence-corrected chi connectivity index (χ2v) is 12.4. The van der Waals surface area contributed by atoms with E-state index in [-0.39, 0.29) is 0 Å². The highest BCUT2D eigenvalue weighted by Gasteiger charge is 2.35. The van der Waals surface area contributed by atoms with Crippen molar-refractivity contribution in [2.75, 3.05) is 17.3 Å². The Morgan fingerprint density at radius 2 is 1.77 bits per heavy atom. The number of nitrogens with two attached hydrogens (primary N) is 1. The van der Waals surface area contributed by atoms with Crippen LogP contribution >= 0.6 is 23.1 Å². The number of nitrogens with one attached hydrogen (secondary N) is 1. The number of rotatable bonds is 14. The molecule has 0 fully saturated rings. The lowest BCUT2D eigenvalue weighted by molar-refractivity contribution is -0.118. The monoisotopic (exact) mass is 485 g/mol. The number of thioether (sulfide) groups is 1. The zero-order chi connectivity index (χ0) is 23.4. The molecule has 3 N–H and O–H groups in total. The fourth-order valence-electron chi connectivity index (χ4n) is 2.79. The van der Waals surface area contributed by atoms with Gasteiger partial charge < -0.3 is 11.1 Å². The first-order chi connectivity index (χ1) is 14.5. The smallest absolute Gasteiger partial charge is 0.242 e. The van der Waals surface area contributed by atoms with E-state index in [1.54, 1.807) is 11.6 Å². The number of carbonyl (C=O) groups is 1. The highest BCUT2D eigenvalue weighted by atomic mass is 32.3. The zero-order valence-corrected chi connectivity index (χ0v) is 21.5. The summed E-state index contributed by atoms with van der Waals surface area (Å²) in [5, 5.41) is 5.09. The number of carbonyl (C=O) groups excluding carboxylic acids is 1. The average Bonchev–Trinajstić information content (AvgIpc) is 3.15. The van der Waals surface area contributed by atoms with Crippen LogP contribution in [0.25, 0.3) is 0 Å². The van der Waals surface area contributed by atoms with Crippen LogP contribution in [0, 0.1) is 0 Å². The van der Waals surface area contributed by atoms with Crippen molar-refractivity contribution in [2.45, 2.75) is 64.0 Å². The lowest BCUT2D eigenvalue weighted by Gasteiger charge is -2.23. The molecule has 0 bridgehead atoms. The molecule has 9 heteroatoms. The molecule has 1 amide bonds. The number of thiazole rings is 1. The molecule has 6 nitrogen and oxygen atoms in total. The van der Waals surface area contributed by atoms with Gasteiger partial charge in [-0.25, -0.2) is 13.4 Å². The minimum Gasteiger partial charge on any atom is -0.368 e. The molecular formula is C22H35N3O3S3. The van der Waals surface area contributed by atoms with Crippen molar-refractivity contribution in [1.82, 2.24) is 4.98 Å². The van der Waals surface area contributed by atoms with Crippen molar-refractivity contribution < 1.29 is 13.2 Å². The number of anilines is 1. The second kappa shape index (κ2) is 13.8. The lowest BCUT2D eigenvalue weighted by atomic mass is 10.1. The van der Waals surface area contributed by atoms with Crippen LogP contribution in [0.5, 0.6) is 0 Å². The number of amides is 1. The fraction of sp³-hybridized carbons (Fsp3) is 0.545. The predicted molar refractivity (Wildman–Crippen MR) is 135 cm³/mol. The number of hydrogen-bond acceptors (Lipinski definition) is 7. The summed E-state index contributed by atoms with van der Waals surface area (Å²) in [6, 6.07) is -1.05. The van der Waals surface area contributed by atoms with E-state index in [4.69, 9.17) is 5.73 Å². The first-order valence-electron chi connectivity index (χ1n) is 10.2. The van der Waals surface area contributed by atoms with Crippen LogP contribution in [-0.4, -0.2) is 41.9 Å². The van der Waals surface area contributed by atoms with Gasteiger partial charge in [0.2, 0.25) is 5.91 Å². The van der Waals surface area contributed by atoms with Crippen LogP contribution < -0.4 is 11.1 Å². The zero-order valence-electron chi connectivity index (χ0n) is 19.1. The highest BCUT2D eigenvalue weighted by Crippen LogP contribution is 2.25. The van der Waals surface area contributed by atoms with Crippen molar-refractivity contribution in [3.63, 3.8) is 0 Å². The van der Waals surface area contributed by atoms with Gasteiger partial charge in [0.05, 0.1) is 0 Å². The highest BCUT2D eigenvalue weighted by molar-refractivity contribution is 8.13. The standard InChI is InChI=1S/C22H35N3O3S3/c1-16(2)8-6-9-17(3)10-7-11-18(4)12-14-29-21(31(5,27)28)19(20(23)26)25-22-24-13-15-30-22/h8,10,12-13,15,19,21H,6-7,9,11,14H2,1-5H3,(H2,23,26)(H,24,25). The summed E-state index contributed by atoms with van der Waals surface area (Å²) in [6.07, 6.45) is 13.3. The number of allylic oxidation sites excluding steroid dienone is 5. The topological polar surface area (TPSA) is 102 Å². The molecule has 1 aromatic heterocycles. The molecular weight excluding hydrogens is 450 g/mol. The number of nitrogens with zero attached hydrogens (tertiary/aromatic N) is 1. The Morgan fingerprint density at radius 3 is 2.29 bits per heavy atom. The molecule has 174 valence electrons. The summed E-state index contributed by atoms with van der Waals surface area (Å²) < 4.78 is 23.7. The average molecular weight is 486 g/mol. The molecule has 0 saturated carbocycles. The van der Waals surface area contributed by atoms with E-state index >= 15 is 0 Å². The number of hydrogen-bond donors (Lipinski definition) is 2. The van der Waals surface area contributed by atoms with Crippen molar-refractivity contribution in [1.29, 1.82) is 0 Å². The maximum atomic E-state index is 12.3. The third kappa shape index (κ3) is 11.6. The number of sulfone groups is 1. The summed E-state index contributed by atoms with van der Waals surface area (Å²) >= 11 is 2.48. The Morgan fingerprint density at radius 1 is 1.16 bits per heavy atom. The first kappa shape index (κ1) is 27.5. The summed E-state index contributed by atoms with van der Waals surface area (Å²) in [5.74, 6) is -0.233. The SMILES string of the molecule is CC(C)=CCCC(C)=CCCC(C)=CCSC(C(Nc1nccs1)C(N)=O)S(C)(=O)=O. The quantitative estimate of drug-likeness (QED) is 0.362. The molecule has 0 aromatic carbocycles. The van der Waals surface area contributed by atoms with Crippen molar-refractivity contribution in [3.05, 3.63) is 46.5 Å². The van der Waals surface area contributed by atoms with Gasteiger partial charge >= 0.3 is 0 Å². The molecule has 2 unspecified atom stereocenters. The minimum absolute atomic E-state index is 0.469. The minimum atomic E-state index is -3.52. The summed E-state index contributed by atoms with van der Waals surface area (Å²) in [5.41, 5.74) is 9.42. The van der Waals surface area contributed by atoms with E-state index in [1.807, 2.05) is 13.0 Å². The van der Waals surface area contributed by atoms with Gasteiger partial charge in [0, 0.05) is 23.6 Å². The van der Waals surface area contributed by atoms with Crippen LogP contribution in [0.4, 0.5) is 5.13 Å². The maximum absolute atomic E-state index is 12.3. The van der Waals surface area contributed by atoms with Crippen LogP contribution in [0.2, 0.25) is 0 Å². The molecule has 0 aliphatic rings. The van der Waals surface area contributed by atoms with Gasteiger partial charge in [0.15, 0.2) is 15.0 Å². The van der Waals surface area contributed by atoms with E-state index in [0.717, 1.165) is 31.9 Å². The van der Waals surface area contributed by atoms with E-state index in [2.05, 4.69) is 43.2 Å². The van der Waals surface area contributed by atoms with E-state index in [0.29, 0.717) is 10.9 Å². The molecule has 0 radical (unpaired) electrons. The summed E-state index contributed by atoms with van der Waals surface area (Å²) in [4.78, 5) is 16.0. The van der Waals surface area contributed by atoms with Gasteiger partial charge in [-0.05, 0) is 53.4 Å². The Balaban J connectivity index is 2.65. The Kier molecular flexibility index (Phi) is 12.2. The van der Waals surface area contributed by atoms with Gasteiger partial charge in [-0.15, -0.1) is 23.1 Å². The molecule has 0 aliphatic heterocycles. The van der Waals surface area contributed by atoms with Crippen LogP contribution in [0.1, 0.15) is 53.4 Å². The Labute approximate surface area is 195 Å². The molecule has 0 aliphatic carbocycles. The van der Waals surface area contributed by atoms with Gasteiger partial charge in [-0.1, -0.05) is 34.9 Å². The Bertz CT molecular complexity index is 884. The molecule has 1 heterocycles. The van der Waals surface area contributed by atoms with Crippen LogP contribution in [0.15, 0.2) is 46.5 Å². The number of aromatic nitrogens is 1. The third-order valence-electron chi connectivity index (χ3n) is 4.53. The van der Waals surface area contributed by atoms with Gasteiger partial charge in [0.1, 0.15) is 10.6 Å². The molecule has 0 saturated heterocycles. The summed E-state index contributed by atoms with van der Waals surface area (Å²) in [7, 11) is -3.52. The van der Waals surface area contributed by atoms with Gasteiger partial charge in [-0.2, -0.15) is 0 Å². The number of primary amides is 1. The van der Waals surface area contributed by atoms with Crippen LogP contribution in [0.3, 0.4) is 0 Å². The Hall–Kier alpha value is -1.58. The largest absolute Gasteiger partial charge is 0.368 e.